The van der Waals surface area contributed by atoms with Crippen LogP contribution in [0.5, 0.6) is 0 Å². The number of nitrogens with one attached hydrogen (secondary N) is 1. The Kier molecular flexibility index (Phi) is 5.69. The Hall–Kier alpha value is -4.25. The number of pyridine rings is 1. The Morgan fingerprint density at radius 3 is 2.17 bits per heavy atom. The molecule has 1 amide bonds. The van der Waals surface area contributed by atoms with Crippen LogP contribution in [-0.2, 0) is 0 Å². The topological polar surface area (TPSA) is 59.8 Å². The van der Waals surface area contributed by atoms with Crippen LogP contribution < -0.4 is 5.32 Å². The Balaban J connectivity index is 1.61. The third-order valence-corrected chi connectivity index (χ3v) is 6.25. The van der Waals surface area contributed by atoms with Crippen LogP contribution in [0, 0.1) is 34.6 Å². The second-order valence-corrected chi connectivity index (χ2v) is 9.30. The first kappa shape index (κ1) is 22.5. The zero-order valence-electron chi connectivity index (χ0n) is 20.7. The molecule has 1 N–H and O–H groups in total. The first-order chi connectivity index (χ1) is 16.8. The number of benzene rings is 3. The fourth-order valence-electron chi connectivity index (χ4n) is 4.52. The van der Waals surface area contributed by atoms with E-state index in [1.165, 1.54) is 5.56 Å². The van der Waals surface area contributed by atoms with E-state index in [0.29, 0.717) is 5.56 Å². The fourth-order valence-corrected chi connectivity index (χ4v) is 4.52. The van der Waals surface area contributed by atoms with Crippen molar-refractivity contribution in [2.75, 3.05) is 5.32 Å². The maximum Gasteiger partial charge on any atom is 0.256 e. The van der Waals surface area contributed by atoms with Crippen molar-refractivity contribution in [3.63, 3.8) is 0 Å². The Morgan fingerprint density at radius 2 is 1.46 bits per heavy atom. The first-order valence-corrected chi connectivity index (χ1v) is 11.7. The van der Waals surface area contributed by atoms with Crippen LogP contribution in [-0.4, -0.2) is 20.7 Å². The minimum absolute atomic E-state index is 0.155. The monoisotopic (exact) mass is 460 g/mol. The summed E-state index contributed by atoms with van der Waals surface area (Å²) in [4.78, 5) is 18.4. The van der Waals surface area contributed by atoms with Gasteiger partial charge in [-0.25, -0.2) is 9.67 Å². The van der Waals surface area contributed by atoms with Gasteiger partial charge in [-0.05, 0) is 88.2 Å². The van der Waals surface area contributed by atoms with E-state index in [9.17, 15) is 4.79 Å². The zero-order chi connectivity index (χ0) is 24.7. The predicted octanol–water partition coefficient (Wildman–Crippen LogP) is 6.88. The molecule has 0 fully saturated rings. The number of amides is 1. The van der Waals surface area contributed by atoms with Crippen LogP contribution in [0.3, 0.4) is 0 Å². The number of fused-ring (bicyclic) bond motifs is 1. The van der Waals surface area contributed by atoms with Crippen LogP contribution in [0.1, 0.15) is 38.3 Å². The summed E-state index contributed by atoms with van der Waals surface area (Å²) in [5, 5.41) is 8.55. The fraction of sp³-hybridized carbons (Fsp3) is 0.167. The zero-order valence-corrected chi connectivity index (χ0v) is 20.7. The van der Waals surface area contributed by atoms with Crippen molar-refractivity contribution in [2.24, 2.45) is 0 Å². The number of anilines is 1. The maximum atomic E-state index is 13.5. The number of carbonyl (C=O) groups excluding carboxylic acids is 1. The van der Waals surface area contributed by atoms with Crippen molar-refractivity contribution in [2.45, 2.75) is 34.6 Å². The molecule has 2 aromatic heterocycles. The molecule has 35 heavy (non-hydrogen) atoms. The second-order valence-electron chi connectivity index (χ2n) is 9.30. The highest BCUT2D eigenvalue weighted by molar-refractivity contribution is 6.13. The summed E-state index contributed by atoms with van der Waals surface area (Å²) in [6.07, 6.45) is 1.82. The summed E-state index contributed by atoms with van der Waals surface area (Å²) in [6.45, 7) is 10.2. The van der Waals surface area contributed by atoms with Crippen LogP contribution in [0.4, 0.5) is 5.69 Å². The van der Waals surface area contributed by atoms with Gasteiger partial charge in [0.25, 0.3) is 5.91 Å². The van der Waals surface area contributed by atoms with Crippen molar-refractivity contribution in [3.8, 4) is 16.9 Å². The average molecular weight is 461 g/mol. The van der Waals surface area contributed by atoms with Crippen molar-refractivity contribution >= 4 is 22.5 Å². The molecule has 0 aliphatic carbocycles. The van der Waals surface area contributed by atoms with E-state index in [1.807, 2.05) is 75.0 Å². The smallest absolute Gasteiger partial charge is 0.256 e. The SMILES string of the molecule is Cc1ccc(-n2ncc(-c3cc(C(=O)Nc4cc(C)cc(C)c4)c4cc(C)ccc4n3)c2C)cc1. The summed E-state index contributed by atoms with van der Waals surface area (Å²) in [7, 11) is 0. The molecule has 0 unspecified atom stereocenters. The van der Waals surface area contributed by atoms with Gasteiger partial charge in [-0.2, -0.15) is 5.10 Å². The first-order valence-electron chi connectivity index (χ1n) is 11.7. The van der Waals surface area contributed by atoms with Gasteiger partial charge in [0.05, 0.1) is 34.4 Å². The number of hydrogen-bond acceptors (Lipinski definition) is 3. The lowest BCUT2D eigenvalue weighted by Crippen LogP contribution is -2.13. The molecule has 5 rings (SSSR count). The molecular weight excluding hydrogens is 432 g/mol. The Morgan fingerprint density at radius 1 is 0.771 bits per heavy atom. The van der Waals surface area contributed by atoms with E-state index >= 15 is 0 Å². The molecule has 0 aliphatic heterocycles. The summed E-state index contributed by atoms with van der Waals surface area (Å²) in [5.41, 5.74) is 10.2. The van der Waals surface area contributed by atoms with E-state index < -0.39 is 0 Å². The van der Waals surface area contributed by atoms with E-state index in [2.05, 4.69) is 47.7 Å². The normalized spacial score (nSPS) is 11.1. The van der Waals surface area contributed by atoms with Crippen molar-refractivity contribution in [3.05, 3.63) is 106 Å². The quantitative estimate of drug-likeness (QED) is 0.318. The van der Waals surface area contributed by atoms with E-state index in [0.717, 1.165) is 55.9 Å². The minimum atomic E-state index is -0.155. The molecule has 5 heteroatoms. The van der Waals surface area contributed by atoms with Gasteiger partial charge in [0, 0.05) is 16.6 Å². The molecule has 5 nitrogen and oxygen atoms in total. The molecule has 3 aromatic carbocycles. The molecule has 0 aliphatic rings. The summed E-state index contributed by atoms with van der Waals surface area (Å²) < 4.78 is 1.91. The predicted molar refractivity (Wildman–Crippen MR) is 142 cm³/mol. The van der Waals surface area contributed by atoms with Crippen LogP contribution in [0.25, 0.3) is 27.8 Å². The van der Waals surface area contributed by atoms with Gasteiger partial charge in [0.15, 0.2) is 0 Å². The molecule has 0 radical (unpaired) electrons. The third kappa shape index (κ3) is 4.45. The van der Waals surface area contributed by atoms with Gasteiger partial charge < -0.3 is 5.32 Å². The van der Waals surface area contributed by atoms with Crippen LogP contribution >= 0.6 is 0 Å². The molecular formula is C30H28N4O. The Bertz CT molecular complexity index is 1560. The molecule has 0 bridgehead atoms. The lowest BCUT2D eigenvalue weighted by Gasteiger charge is -2.12. The van der Waals surface area contributed by atoms with Crippen molar-refractivity contribution in [1.82, 2.24) is 14.8 Å². The van der Waals surface area contributed by atoms with Crippen LogP contribution in [0.2, 0.25) is 0 Å². The highest BCUT2D eigenvalue weighted by Gasteiger charge is 2.18. The number of carbonyl (C=O) groups is 1. The van der Waals surface area contributed by atoms with E-state index in [1.54, 1.807) is 0 Å². The lowest BCUT2D eigenvalue weighted by molar-refractivity contribution is 0.102. The number of aromatic nitrogens is 3. The molecule has 174 valence electrons. The van der Waals surface area contributed by atoms with Crippen molar-refractivity contribution in [1.29, 1.82) is 0 Å². The van der Waals surface area contributed by atoms with Gasteiger partial charge in [0.1, 0.15) is 0 Å². The van der Waals surface area contributed by atoms with Gasteiger partial charge in [0.2, 0.25) is 0 Å². The van der Waals surface area contributed by atoms with Gasteiger partial charge in [-0.1, -0.05) is 35.4 Å². The molecule has 0 saturated carbocycles. The molecule has 0 spiro atoms. The van der Waals surface area contributed by atoms with E-state index in [4.69, 9.17) is 4.98 Å². The number of hydrogen-bond donors (Lipinski definition) is 1. The van der Waals surface area contributed by atoms with Crippen molar-refractivity contribution < 1.29 is 4.79 Å². The van der Waals surface area contributed by atoms with Gasteiger partial charge in [-0.3, -0.25) is 4.79 Å². The number of nitrogens with zero attached hydrogens (tertiary/aromatic N) is 3. The summed E-state index contributed by atoms with van der Waals surface area (Å²) >= 11 is 0. The second kappa shape index (κ2) is 8.84. The molecule has 5 aromatic rings. The minimum Gasteiger partial charge on any atom is -0.322 e. The summed E-state index contributed by atoms with van der Waals surface area (Å²) in [5.74, 6) is -0.155. The maximum absolute atomic E-state index is 13.5. The molecule has 0 saturated heterocycles. The largest absolute Gasteiger partial charge is 0.322 e. The standard InChI is InChI=1S/C30H28N4O/c1-18-6-9-24(10-7-18)34-22(5)27(17-31-34)29-16-26(25-15-19(2)8-11-28(25)33-29)30(35)32-23-13-20(3)12-21(4)14-23/h6-17H,1-5H3,(H,32,35). The summed E-state index contributed by atoms with van der Waals surface area (Å²) in [6, 6.07) is 22.2. The third-order valence-electron chi connectivity index (χ3n) is 6.25. The van der Waals surface area contributed by atoms with Crippen LogP contribution in [0.15, 0.2) is 72.9 Å². The van der Waals surface area contributed by atoms with Gasteiger partial charge in [-0.15, -0.1) is 0 Å². The highest BCUT2D eigenvalue weighted by atomic mass is 16.1. The number of rotatable bonds is 4. The number of aryl methyl sites for hydroxylation is 4. The molecule has 0 atom stereocenters. The Labute approximate surface area is 205 Å². The highest BCUT2D eigenvalue weighted by Crippen LogP contribution is 2.29. The van der Waals surface area contributed by atoms with E-state index in [-0.39, 0.29) is 5.91 Å². The average Bonchev–Trinajstić information content (AvgIpc) is 3.19. The van der Waals surface area contributed by atoms with Gasteiger partial charge >= 0.3 is 0 Å². The lowest BCUT2D eigenvalue weighted by atomic mass is 10.0. The molecule has 2 heterocycles.